The number of aliphatic hydroxyl groups excluding tert-OH is 1. The number of allylic oxidation sites excluding steroid dienone is 3. The Kier molecular flexibility index (Phi) is 35.5. The summed E-state index contributed by atoms with van der Waals surface area (Å²) in [5, 5.41) is 45.9. The van der Waals surface area contributed by atoms with E-state index in [1.165, 1.54) is 79.8 Å². The maximum Gasteiger partial charge on any atom is 0.409 e. The van der Waals surface area contributed by atoms with Crippen molar-refractivity contribution >= 4 is 109 Å². The van der Waals surface area contributed by atoms with Crippen molar-refractivity contribution in [3.05, 3.63) is 148 Å². The van der Waals surface area contributed by atoms with Crippen molar-refractivity contribution in [3.8, 4) is 11.5 Å². The molecule has 120 heavy (non-hydrogen) atoms. The lowest BCUT2D eigenvalue weighted by Crippen LogP contribution is -2.64. The van der Waals surface area contributed by atoms with Gasteiger partial charge in [0.1, 0.15) is 58.6 Å². The fourth-order valence-corrected chi connectivity index (χ4v) is 18.4. The van der Waals surface area contributed by atoms with Crippen LogP contribution < -0.4 is 36.6 Å². The normalized spacial score (nSPS) is 26.5. The predicted molar refractivity (Wildman–Crippen MR) is 463 cm³/mol. The molecule has 15 atom stereocenters. The number of aromatic nitrogens is 1. The third-order valence-corrected chi connectivity index (χ3v) is 26.3. The first-order valence-electron chi connectivity index (χ1n) is 41.6. The van der Waals surface area contributed by atoms with Gasteiger partial charge in [0.2, 0.25) is 35.4 Å². The monoisotopic (exact) mass is 1720 g/mol. The Morgan fingerprint density at radius 1 is 0.792 bits per heavy atom. The third kappa shape index (κ3) is 25.6. The topological polar surface area (TPSA) is 384 Å². The van der Waals surface area contributed by atoms with Crippen molar-refractivity contribution in [1.82, 2.24) is 41.0 Å². The second kappa shape index (κ2) is 44.8. The number of nitrogens with zero attached hydrogens (tertiary/aromatic N) is 4. The van der Waals surface area contributed by atoms with E-state index in [0.29, 0.717) is 91.5 Å². The molecule has 31 heteroatoms. The summed E-state index contributed by atoms with van der Waals surface area (Å²) >= 11 is 6.93. The number of carbonyl (C=O) groups is 10. The largest absolute Gasteiger partial charge is 0.508 e. The number of hydrogen-bond donors (Lipinski definition) is 9. The van der Waals surface area contributed by atoms with Crippen LogP contribution in [0.2, 0.25) is 5.02 Å². The lowest BCUT2D eigenvalue weighted by molar-refractivity contribution is -0.162. The van der Waals surface area contributed by atoms with Gasteiger partial charge >= 0.3 is 12.1 Å². The minimum absolute atomic E-state index is 0.00100. The number of rotatable bonds is 30. The van der Waals surface area contributed by atoms with Crippen molar-refractivity contribution in [2.75, 3.05) is 77.9 Å². The Balaban J connectivity index is 0.896. The first kappa shape index (κ1) is 95.0. The number of likely N-dealkylation sites (N-methyl/N-ethyl adjacent to an activating group) is 2. The van der Waals surface area contributed by atoms with Gasteiger partial charge in [0, 0.05) is 120 Å². The number of Topliss-reactive ketones (excluding diaryl/α,β-unsaturated/α-hetero) is 2. The second-order valence-electron chi connectivity index (χ2n) is 32.4. The van der Waals surface area contributed by atoms with E-state index in [4.69, 9.17) is 41.0 Å². The first-order chi connectivity index (χ1) is 57.3. The van der Waals surface area contributed by atoms with Gasteiger partial charge in [0.05, 0.1) is 43.5 Å². The van der Waals surface area contributed by atoms with E-state index < -0.39 is 156 Å². The molecule has 0 radical (unpaired) electrons. The zero-order chi connectivity index (χ0) is 87.1. The van der Waals surface area contributed by atoms with Crippen LogP contribution in [0.1, 0.15) is 147 Å². The van der Waals surface area contributed by atoms with Crippen molar-refractivity contribution in [1.29, 1.82) is 0 Å². The number of ketones is 2. The first-order valence-corrected chi connectivity index (χ1v) is 44.4. The molecule has 654 valence electrons. The van der Waals surface area contributed by atoms with Crippen LogP contribution in [0.3, 0.4) is 0 Å². The molecule has 4 aromatic carbocycles. The molecule has 0 unspecified atom stereocenters. The van der Waals surface area contributed by atoms with Gasteiger partial charge in [0.15, 0.2) is 17.3 Å². The van der Waals surface area contributed by atoms with E-state index in [1.54, 1.807) is 92.5 Å². The average Bonchev–Trinajstić information content (AvgIpc) is 1.57. The minimum Gasteiger partial charge on any atom is -0.508 e. The van der Waals surface area contributed by atoms with Crippen LogP contribution in [0, 0.1) is 17.8 Å². The number of ether oxygens (including phenoxy) is 5. The smallest absolute Gasteiger partial charge is 0.409 e. The Morgan fingerprint density at radius 3 is 2.18 bits per heavy atom. The number of fused-ring (bicyclic) bond motifs is 6. The molecule has 0 aliphatic carbocycles. The van der Waals surface area contributed by atoms with E-state index >= 15 is 19.2 Å². The van der Waals surface area contributed by atoms with Gasteiger partial charge < -0.3 is 85.3 Å². The van der Waals surface area contributed by atoms with Crippen LogP contribution in [-0.2, 0) is 87.8 Å². The number of carbonyl (C=O) groups excluding carboxylic acids is 10. The number of methoxy groups -OCH3 is 2. The van der Waals surface area contributed by atoms with Gasteiger partial charge in [-0.3, -0.25) is 43.7 Å². The molecule has 7 amide bonds. The Bertz CT molecular complexity index is 4420. The number of amides is 7. The summed E-state index contributed by atoms with van der Waals surface area (Å²) < 4.78 is 30.0. The minimum atomic E-state index is -1.85. The van der Waals surface area contributed by atoms with Crippen molar-refractivity contribution in [2.45, 2.75) is 223 Å². The molecule has 3 fully saturated rings. The molecule has 5 aromatic rings. The number of halogens is 1. The summed E-state index contributed by atoms with van der Waals surface area (Å²) in [6.07, 6.45) is 3.89. The van der Waals surface area contributed by atoms with Crippen molar-refractivity contribution < 1.29 is 86.9 Å². The summed E-state index contributed by atoms with van der Waals surface area (Å²) in [6, 6.07) is 19.8. The van der Waals surface area contributed by atoms with Crippen LogP contribution in [0.5, 0.6) is 11.5 Å². The number of aliphatic hydroxyl groups is 2. The van der Waals surface area contributed by atoms with Gasteiger partial charge in [-0.1, -0.05) is 144 Å². The highest BCUT2D eigenvalue weighted by atomic mass is 35.5. The number of phenols is 1. The van der Waals surface area contributed by atoms with Crippen LogP contribution in [0.25, 0.3) is 10.9 Å². The third-order valence-electron chi connectivity index (χ3n) is 23.6. The number of unbranched alkanes of at least 4 members (excludes halogenated alkanes) is 2. The number of phenolic OH excluding ortho intramolecular Hbond substituents is 1. The van der Waals surface area contributed by atoms with E-state index in [2.05, 4.69) is 38.1 Å². The van der Waals surface area contributed by atoms with E-state index in [-0.39, 0.29) is 74.5 Å². The highest BCUT2D eigenvalue weighted by molar-refractivity contribution is 8.76. The second-order valence-corrected chi connectivity index (χ2v) is 35.5. The molecule has 5 heterocycles. The number of aromatic amines is 1. The molecule has 4 aliphatic heterocycles. The van der Waals surface area contributed by atoms with Crippen LogP contribution in [0.4, 0.5) is 10.5 Å². The highest BCUT2D eigenvalue weighted by Gasteiger charge is 2.65. The summed E-state index contributed by atoms with van der Waals surface area (Å²) in [6.45, 7) is 12.5. The highest BCUT2D eigenvalue weighted by Crippen LogP contribution is 2.50. The molecule has 10 N–H and O–H groups in total. The Labute approximate surface area is 716 Å². The molecule has 4 aliphatic rings. The number of alkyl carbamates (subject to hydrolysis) is 1. The fraction of sp³-hybridized carbons (Fsp3) is 0.551. The zero-order valence-corrected chi connectivity index (χ0v) is 73.2. The van der Waals surface area contributed by atoms with Gasteiger partial charge in [-0.25, -0.2) is 9.59 Å². The number of aromatic hydroxyl groups is 1. The molecular weight excluding hydrogens is 1600 g/mol. The lowest BCUT2D eigenvalue weighted by atomic mass is 9.83. The SMILES string of the molecule is CCCCN(CCC[C@H]1C(=O)C[C@@H](Cc2ccc(O)cc2)C(=O)N[C@H](Cc2c[nH]c3ccccc23)C(=O)C[C@@H](CCCCN)C(=O)N[C@@H]([C@@H](C)O)C(=O)N[C@@H](Cc2ccccc2)C(=O)N1C)CCSSCCC(=O)N(C)[C@@H](C)C(=O)O[C@H]1CC(=O)N(C)c2cc(cc(OC)c2Cl)C/C(C)=C/C=C/C[C@@H](OC)[C@@]2(O)C[C@H](OC(=O)N2)[C@@H](C)[C@@H]2O[C@@]12C. The summed E-state index contributed by atoms with van der Waals surface area (Å²) in [7, 11) is 10.5. The molecule has 0 spiro atoms. The number of hydrogen-bond acceptors (Lipinski definition) is 22. The van der Waals surface area contributed by atoms with Crippen LogP contribution >= 0.6 is 33.2 Å². The van der Waals surface area contributed by atoms with E-state index in [9.17, 15) is 44.1 Å². The molecule has 1 aromatic heterocycles. The van der Waals surface area contributed by atoms with E-state index in [1.807, 2.05) is 49.4 Å². The predicted octanol–water partition coefficient (Wildman–Crippen LogP) is 9.43. The maximum atomic E-state index is 15.7. The zero-order valence-electron chi connectivity index (χ0n) is 70.8. The number of para-hydroxylation sites is 1. The van der Waals surface area contributed by atoms with Gasteiger partial charge in [0.25, 0.3) is 0 Å². The quantitative estimate of drug-likeness (QED) is 0.00894. The standard InChI is InChI=1S/C89H121ClN10O18S2/c1-12-13-38-100(40-42-120-119-41-36-77(105)97(7)56(4)86(111)117-76-51-78(106)98(8)70-46-60(47-73(114-10)79(70)90)43-54(2)24-17-20-31-75(115-11)89(113)52-74(116-87(112)96-89)55(3)81-88(76,6)118-81)39-23-30-69-72(104)50-62(44-59-32-34-64(102)35-33-59)83(108)93-67(48-63-53-92-66-29-19-18-28-65(63)66)71(103)49-61(27-21-22-37-91)82(107)95-80(57(5)101)84(109)94-68(85(110)99(69)9)45-58-25-15-14-16-26-58/h14-20,24-26,28-29,32-35,46-47,53,55-57,61-62,67-69,74-76,80-81,92,101-102,113H,12-13,21-23,27,30-31,36-45,48-52,91H2,1-11H3,(H,93,108)(H,94,109)(H,95,107)(H,96,112)/b20-17+,54-24+/t55-,56+,57-,61-,62-,67-,68+,69+,74+,75-,76+,80+,81+,88+,89+/m1/s1. The molecule has 9 rings (SSSR count). The van der Waals surface area contributed by atoms with Gasteiger partial charge in [-0.2, -0.15) is 0 Å². The lowest BCUT2D eigenvalue weighted by Gasteiger charge is -2.42. The molecule has 3 saturated heterocycles. The molecule has 4 bridgehead atoms. The number of nitrogens with two attached hydrogens (primary N) is 1. The van der Waals surface area contributed by atoms with E-state index in [0.717, 1.165) is 34.9 Å². The molecular formula is C89H121ClN10O18S2. The number of benzene rings is 4. The van der Waals surface area contributed by atoms with Gasteiger partial charge in [-0.15, -0.1) is 0 Å². The fourth-order valence-electron chi connectivity index (χ4n) is 16.0. The molecule has 0 saturated carbocycles. The summed E-state index contributed by atoms with van der Waals surface area (Å²) in [5.74, 6) is -6.92. The number of H-pyrrole nitrogens is 1. The van der Waals surface area contributed by atoms with Crippen molar-refractivity contribution in [3.63, 3.8) is 0 Å². The summed E-state index contributed by atoms with van der Waals surface area (Å²) in [4.78, 5) is 157. The number of epoxide rings is 1. The van der Waals surface area contributed by atoms with Gasteiger partial charge in [-0.05, 0) is 151 Å². The van der Waals surface area contributed by atoms with Crippen LogP contribution in [-0.4, -0.2) is 239 Å². The summed E-state index contributed by atoms with van der Waals surface area (Å²) in [5.41, 5.74) is 7.55. The Hall–Kier alpha value is -8.85. The Morgan fingerprint density at radius 2 is 1.48 bits per heavy atom. The number of esters is 1. The van der Waals surface area contributed by atoms with Crippen LogP contribution in [0.15, 0.2) is 121 Å². The number of nitrogens with one attached hydrogen (secondary N) is 5. The number of anilines is 1. The average molecular weight is 1720 g/mol. The maximum absolute atomic E-state index is 15.7. The van der Waals surface area contributed by atoms with Crippen molar-refractivity contribution in [2.24, 2.45) is 23.5 Å². The molecule has 28 nitrogen and oxygen atoms in total.